The molecule has 222 valence electrons. The van der Waals surface area contributed by atoms with Gasteiger partial charge in [-0.1, -0.05) is 20.8 Å². The Labute approximate surface area is 226 Å². The maximum absolute atomic E-state index is 12.2. The minimum Gasteiger partial charge on any atom is -0.480 e. The Balaban J connectivity index is 0.00000667. The van der Waals surface area contributed by atoms with Gasteiger partial charge in [0.05, 0.1) is 52.6 Å². The molecule has 1 rings (SSSR count). The van der Waals surface area contributed by atoms with E-state index in [2.05, 4.69) is 0 Å². The number of aliphatic carboxylic acids is 3. The minimum atomic E-state index is -0.986. The third-order valence-corrected chi connectivity index (χ3v) is 5.68. The molecule has 0 aromatic heterocycles. The van der Waals surface area contributed by atoms with Gasteiger partial charge in [0.2, 0.25) is 0 Å². The molecule has 1 heterocycles. The highest BCUT2D eigenvalue weighted by atomic mass is 16.5. The van der Waals surface area contributed by atoms with Crippen molar-refractivity contribution in [3.05, 3.63) is 0 Å². The number of ketones is 1. The fourth-order valence-electron chi connectivity index (χ4n) is 3.81. The van der Waals surface area contributed by atoms with Crippen LogP contribution in [0.15, 0.2) is 0 Å². The zero-order chi connectivity index (χ0) is 28.8. The predicted molar refractivity (Wildman–Crippen MR) is 142 cm³/mol. The number of carboxylic acids is 3. The number of hydrogen-bond donors (Lipinski definition) is 3. The molecule has 0 aromatic carbocycles. The van der Waals surface area contributed by atoms with Gasteiger partial charge in [0.1, 0.15) is 5.78 Å². The summed E-state index contributed by atoms with van der Waals surface area (Å²) in [6.07, 6.45) is 1.24. The van der Waals surface area contributed by atoms with Crippen LogP contribution in [-0.4, -0.2) is 164 Å². The van der Waals surface area contributed by atoms with Crippen molar-refractivity contribution in [1.82, 2.24) is 19.6 Å². The van der Waals surface area contributed by atoms with Crippen LogP contribution < -0.4 is 0 Å². The number of Topliss-reactive ketones (excluding diaryl/α,β-unsaturated/α-hetero) is 1. The lowest BCUT2D eigenvalue weighted by Gasteiger charge is -2.28. The quantitative estimate of drug-likeness (QED) is 0.332. The van der Waals surface area contributed by atoms with Gasteiger partial charge in [-0.25, -0.2) is 0 Å². The summed E-state index contributed by atoms with van der Waals surface area (Å²) in [4.78, 5) is 53.1. The number of hydrogen-bond acceptors (Lipinski definition) is 10. The molecule has 1 fully saturated rings. The molecule has 38 heavy (non-hydrogen) atoms. The average molecular weight is 549 g/mol. The first kappa shape index (κ1) is 35.8. The van der Waals surface area contributed by atoms with Gasteiger partial charge in [-0.3, -0.25) is 38.8 Å². The molecule has 0 aliphatic carbocycles. The molecule has 0 saturated carbocycles. The van der Waals surface area contributed by atoms with Gasteiger partial charge in [-0.2, -0.15) is 0 Å². The second-order valence-corrected chi connectivity index (χ2v) is 8.80. The van der Waals surface area contributed by atoms with Gasteiger partial charge >= 0.3 is 17.9 Å². The summed E-state index contributed by atoms with van der Waals surface area (Å²) in [5.41, 5.74) is 0. The van der Waals surface area contributed by atoms with Crippen molar-refractivity contribution >= 4 is 23.7 Å². The third kappa shape index (κ3) is 19.9. The average Bonchev–Trinajstić information content (AvgIpc) is 2.84. The Hall–Kier alpha value is -2.16. The molecule has 3 N–H and O–H groups in total. The first-order valence-electron chi connectivity index (χ1n) is 13.4. The molecule has 0 radical (unpaired) electrons. The molecule has 0 aromatic rings. The van der Waals surface area contributed by atoms with Gasteiger partial charge < -0.3 is 24.8 Å². The molecular formula is C25H48N4O9. The van der Waals surface area contributed by atoms with Crippen molar-refractivity contribution in [2.45, 2.75) is 33.6 Å². The fourth-order valence-corrected chi connectivity index (χ4v) is 3.81. The molecule has 13 nitrogen and oxygen atoms in total. The van der Waals surface area contributed by atoms with Crippen LogP contribution in [-0.2, 0) is 28.7 Å². The highest BCUT2D eigenvalue weighted by Gasteiger charge is 2.17. The van der Waals surface area contributed by atoms with Crippen molar-refractivity contribution < 1.29 is 44.0 Å². The lowest BCUT2D eigenvalue weighted by Crippen LogP contribution is -2.43. The number of carboxylic acid groups (broad SMARTS) is 3. The standard InChI is InChI=1S/C23H42N4O9.C2H6/c1-2-3-20(28)16-24-4-5-25(17-21(29)30)9-14-36-15-11-27(19-23(33)34)7-6-26(18-22(31)32)10-13-35-12-8-24;1-2/h2-19H2,1H3,(H,29,30)(H,31,32)(H,33,34);1-2H3. The second kappa shape index (κ2) is 22.8. The van der Waals surface area contributed by atoms with E-state index in [1.807, 2.05) is 25.7 Å². The highest BCUT2D eigenvalue weighted by molar-refractivity contribution is 5.80. The minimum absolute atomic E-state index is 0.117. The van der Waals surface area contributed by atoms with Gasteiger partial charge in [-0.05, 0) is 6.42 Å². The number of nitrogens with zero attached hydrogens (tertiary/aromatic N) is 4. The van der Waals surface area contributed by atoms with Gasteiger partial charge in [-0.15, -0.1) is 0 Å². The monoisotopic (exact) mass is 548 g/mol. The van der Waals surface area contributed by atoms with E-state index < -0.39 is 17.9 Å². The number of rotatable bonds is 10. The Bertz CT molecular complexity index is 681. The molecule has 1 aliphatic heterocycles. The molecule has 0 bridgehead atoms. The van der Waals surface area contributed by atoms with Gasteiger partial charge in [0.15, 0.2) is 0 Å². The van der Waals surface area contributed by atoms with E-state index in [1.54, 1.807) is 14.7 Å². The van der Waals surface area contributed by atoms with E-state index in [0.717, 1.165) is 6.42 Å². The van der Waals surface area contributed by atoms with Crippen molar-refractivity contribution in [3.63, 3.8) is 0 Å². The molecule has 0 amide bonds. The van der Waals surface area contributed by atoms with E-state index in [0.29, 0.717) is 65.4 Å². The SMILES string of the molecule is CC.CCCC(=O)CN1CCOCCN(CC(=O)O)CCN(CC(=O)O)CCOCCN(CC(=O)O)CC1. The molecule has 0 spiro atoms. The Morgan fingerprint density at radius 2 is 0.842 bits per heavy atom. The largest absolute Gasteiger partial charge is 0.480 e. The van der Waals surface area contributed by atoms with Crippen LogP contribution in [0.1, 0.15) is 33.6 Å². The lowest BCUT2D eigenvalue weighted by molar-refractivity contribution is -0.140. The van der Waals surface area contributed by atoms with Crippen LogP contribution in [0.2, 0.25) is 0 Å². The van der Waals surface area contributed by atoms with Crippen LogP contribution >= 0.6 is 0 Å². The maximum atomic E-state index is 12.2. The maximum Gasteiger partial charge on any atom is 0.317 e. The third-order valence-electron chi connectivity index (χ3n) is 5.68. The summed E-state index contributed by atoms with van der Waals surface area (Å²) in [6.45, 7) is 10.0. The van der Waals surface area contributed by atoms with E-state index in [1.165, 1.54) is 0 Å². The first-order chi connectivity index (χ1) is 18.2. The van der Waals surface area contributed by atoms with Crippen LogP contribution in [0.4, 0.5) is 0 Å². The molecule has 1 aliphatic rings. The summed E-state index contributed by atoms with van der Waals surface area (Å²) in [5.74, 6) is -2.80. The van der Waals surface area contributed by atoms with Crippen molar-refractivity contribution in [3.8, 4) is 0 Å². The summed E-state index contributed by atoms with van der Waals surface area (Å²) < 4.78 is 11.4. The van der Waals surface area contributed by atoms with E-state index >= 15 is 0 Å². The summed E-state index contributed by atoms with van der Waals surface area (Å²) in [5, 5.41) is 27.7. The van der Waals surface area contributed by atoms with E-state index in [-0.39, 0.29) is 51.8 Å². The smallest absolute Gasteiger partial charge is 0.317 e. The molecule has 13 heteroatoms. The molecular weight excluding hydrogens is 500 g/mol. The van der Waals surface area contributed by atoms with Crippen molar-refractivity contribution in [2.24, 2.45) is 0 Å². The van der Waals surface area contributed by atoms with Crippen LogP contribution in [0.5, 0.6) is 0 Å². The Morgan fingerprint density at radius 3 is 1.11 bits per heavy atom. The number of carbonyl (C=O) groups excluding carboxylic acids is 1. The first-order valence-corrected chi connectivity index (χ1v) is 13.4. The highest BCUT2D eigenvalue weighted by Crippen LogP contribution is 2.00. The molecule has 1 saturated heterocycles. The predicted octanol–water partition coefficient (Wildman–Crippen LogP) is -0.110. The van der Waals surface area contributed by atoms with Gasteiger partial charge in [0, 0.05) is 58.8 Å². The summed E-state index contributed by atoms with van der Waals surface area (Å²) >= 11 is 0. The Morgan fingerprint density at radius 1 is 0.553 bits per heavy atom. The van der Waals surface area contributed by atoms with Crippen LogP contribution in [0.3, 0.4) is 0 Å². The van der Waals surface area contributed by atoms with E-state index in [9.17, 15) is 34.5 Å². The zero-order valence-electron chi connectivity index (χ0n) is 23.3. The van der Waals surface area contributed by atoms with Crippen LogP contribution in [0, 0.1) is 0 Å². The second-order valence-electron chi connectivity index (χ2n) is 8.80. The summed E-state index contributed by atoms with van der Waals surface area (Å²) in [6, 6.07) is 0. The topological polar surface area (TPSA) is 160 Å². The van der Waals surface area contributed by atoms with Crippen molar-refractivity contribution in [2.75, 3.05) is 105 Å². The number of ether oxygens (including phenoxy) is 2. The summed E-state index contributed by atoms with van der Waals surface area (Å²) in [7, 11) is 0. The zero-order valence-corrected chi connectivity index (χ0v) is 23.3. The fraction of sp³-hybridized carbons (Fsp3) is 0.840. The van der Waals surface area contributed by atoms with E-state index in [4.69, 9.17) is 9.47 Å². The lowest BCUT2D eigenvalue weighted by atomic mass is 10.2. The molecule has 0 atom stereocenters. The van der Waals surface area contributed by atoms with Gasteiger partial charge in [0.25, 0.3) is 0 Å². The normalized spacial score (nSPS) is 18.9. The number of carbonyl (C=O) groups is 4. The Kier molecular flexibility index (Phi) is 21.5. The van der Waals surface area contributed by atoms with Crippen molar-refractivity contribution in [1.29, 1.82) is 0 Å². The molecule has 0 unspecified atom stereocenters. The van der Waals surface area contributed by atoms with Crippen LogP contribution in [0.25, 0.3) is 0 Å².